The lowest BCUT2D eigenvalue weighted by Gasteiger charge is -2.25. The molecule has 84 valence electrons. The van der Waals surface area contributed by atoms with E-state index < -0.39 is 0 Å². The maximum Gasteiger partial charge on any atom is 0.269 e. The van der Waals surface area contributed by atoms with Crippen LogP contribution in [-0.4, -0.2) is 21.2 Å². The molecule has 0 aliphatic carbocycles. The number of aromatic nitrogens is 2. The summed E-state index contributed by atoms with van der Waals surface area (Å²) in [6.07, 6.45) is 3.65. The molecular formula is C11H19N3O. The summed E-state index contributed by atoms with van der Waals surface area (Å²) in [5.74, 6) is -0.0616. The molecule has 0 bridgehead atoms. The molecule has 0 radical (unpaired) electrons. The quantitative estimate of drug-likeness (QED) is 0.821. The first-order valence-electron chi connectivity index (χ1n) is 5.27. The fourth-order valence-electron chi connectivity index (χ4n) is 1.66. The zero-order chi connectivity index (χ0) is 11.5. The molecule has 1 N–H and O–H groups in total. The Morgan fingerprint density at radius 3 is 2.73 bits per heavy atom. The molecule has 1 amide bonds. The van der Waals surface area contributed by atoms with E-state index in [-0.39, 0.29) is 11.4 Å². The van der Waals surface area contributed by atoms with Crippen LogP contribution in [0.4, 0.5) is 0 Å². The number of aryl methyl sites for hydroxylation is 1. The average molecular weight is 209 g/mol. The van der Waals surface area contributed by atoms with E-state index in [2.05, 4.69) is 17.3 Å². The van der Waals surface area contributed by atoms with E-state index in [0.717, 1.165) is 12.8 Å². The van der Waals surface area contributed by atoms with Crippen molar-refractivity contribution in [2.75, 3.05) is 0 Å². The molecule has 0 saturated heterocycles. The summed E-state index contributed by atoms with van der Waals surface area (Å²) >= 11 is 0. The summed E-state index contributed by atoms with van der Waals surface area (Å²) in [4.78, 5) is 11.8. The molecule has 15 heavy (non-hydrogen) atoms. The molecule has 1 aromatic rings. The lowest BCUT2D eigenvalue weighted by Crippen LogP contribution is -2.43. The minimum absolute atomic E-state index is 0.0616. The van der Waals surface area contributed by atoms with Gasteiger partial charge in [0.1, 0.15) is 5.69 Å². The largest absolute Gasteiger partial charge is 0.346 e. The van der Waals surface area contributed by atoms with Crippen molar-refractivity contribution >= 4 is 5.91 Å². The maximum atomic E-state index is 11.8. The summed E-state index contributed by atoms with van der Waals surface area (Å²) in [6, 6.07) is 1.72. The van der Waals surface area contributed by atoms with E-state index in [0.29, 0.717) is 5.69 Å². The zero-order valence-electron chi connectivity index (χ0n) is 9.87. The van der Waals surface area contributed by atoms with Gasteiger partial charge in [-0.2, -0.15) is 5.10 Å². The van der Waals surface area contributed by atoms with Gasteiger partial charge in [-0.3, -0.25) is 9.48 Å². The fraction of sp³-hybridized carbons (Fsp3) is 0.636. The van der Waals surface area contributed by atoms with Gasteiger partial charge < -0.3 is 5.32 Å². The molecule has 1 rings (SSSR count). The topological polar surface area (TPSA) is 46.9 Å². The summed E-state index contributed by atoms with van der Waals surface area (Å²) in [6.45, 7) is 6.17. The van der Waals surface area contributed by atoms with Crippen LogP contribution in [-0.2, 0) is 7.05 Å². The summed E-state index contributed by atoms with van der Waals surface area (Å²) in [7, 11) is 1.77. The van der Waals surface area contributed by atoms with Crippen LogP contribution in [0.15, 0.2) is 12.3 Å². The van der Waals surface area contributed by atoms with Crippen LogP contribution in [0, 0.1) is 0 Å². The molecule has 1 aromatic heterocycles. The van der Waals surface area contributed by atoms with Crippen molar-refractivity contribution in [2.45, 2.75) is 39.2 Å². The molecule has 4 nitrogen and oxygen atoms in total. The van der Waals surface area contributed by atoms with Gasteiger partial charge in [0.25, 0.3) is 5.91 Å². The third kappa shape index (κ3) is 3.08. The van der Waals surface area contributed by atoms with Crippen LogP contribution in [0.25, 0.3) is 0 Å². The second-order valence-electron chi connectivity index (χ2n) is 4.43. The first-order valence-corrected chi connectivity index (χ1v) is 5.27. The number of nitrogens with one attached hydrogen (secondary N) is 1. The lowest BCUT2D eigenvalue weighted by molar-refractivity contribution is 0.0899. The van der Waals surface area contributed by atoms with E-state index >= 15 is 0 Å². The Morgan fingerprint density at radius 1 is 1.60 bits per heavy atom. The van der Waals surface area contributed by atoms with E-state index in [1.54, 1.807) is 24.0 Å². The summed E-state index contributed by atoms with van der Waals surface area (Å²) < 4.78 is 1.58. The highest BCUT2D eigenvalue weighted by atomic mass is 16.2. The van der Waals surface area contributed by atoms with Gasteiger partial charge in [-0.25, -0.2) is 0 Å². The fourth-order valence-corrected chi connectivity index (χ4v) is 1.66. The van der Waals surface area contributed by atoms with Gasteiger partial charge in [-0.15, -0.1) is 0 Å². The number of rotatable bonds is 4. The predicted octanol–water partition coefficient (Wildman–Crippen LogP) is 1.73. The summed E-state index contributed by atoms with van der Waals surface area (Å²) in [5.41, 5.74) is 0.440. The highest BCUT2D eigenvalue weighted by Crippen LogP contribution is 2.11. The number of nitrogens with zero attached hydrogens (tertiary/aromatic N) is 2. The standard InChI is InChI=1S/C11H19N3O/c1-5-7-11(2,3)13-10(15)9-6-8-12-14(9)4/h6,8H,5,7H2,1-4H3,(H,13,15). The van der Waals surface area contributed by atoms with Crippen LogP contribution in [0.5, 0.6) is 0 Å². The van der Waals surface area contributed by atoms with E-state index in [1.807, 2.05) is 13.8 Å². The van der Waals surface area contributed by atoms with Crippen LogP contribution >= 0.6 is 0 Å². The van der Waals surface area contributed by atoms with Gasteiger partial charge >= 0.3 is 0 Å². The Hall–Kier alpha value is -1.32. The zero-order valence-corrected chi connectivity index (χ0v) is 9.87. The van der Waals surface area contributed by atoms with E-state index in [1.165, 1.54) is 0 Å². The average Bonchev–Trinajstić information content (AvgIpc) is 2.50. The van der Waals surface area contributed by atoms with Gasteiger partial charge in [-0.05, 0) is 26.3 Å². The van der Waals surface area contributed by atoms with Gasteiger partial charge in [0, 0.05) is 18.8 Å². The Morgan fingerprint density at radius 2 is 2.27 bits per heavy atom. The smallest absolute Gasteiger partial charge is 0.269 e. The van der Waals surface area contributed by atoms with Crippen molar-refractivity contribution in [2.24, 2.45) is 7.05 Å². The molecule has 1 heterocycles. The van der Waals surface area contributed by atoms with Crippen molar-refractivity contribution in [3.63, 3.8) is 0 Å². The Kier molecular flexibility index (Phi) is 3.50. The molecule has 0 atom stereocenters. The molecular weight excluding hydrogens is 190 g/mol. The SMILES string of the molecule is CCCC(C)(C)NC(=O)c1ccnn1C. The Labute approximate surface area is 90.7 Å². The monoisotopic (exact) mass is 209 g/mol. The van der Waals surface area contributed by atoms with Crippen LogP contribution in [0.3, 0.4) is 0 Å². The van der Waals surface area contributed by atoms with Crippen molar-refractivity contribution < 1.29 is 4.79 Å². The maximum absolute atomic E-state index is 11.8. The van der Waals surface area contributed by atoms with Crippen molar-refractivity contribution in [1.82, 2.24) is 15.1 Å². The number of amides is 1. The number of carbonyl (C=O) groups excluding carboxylic acids is 1. The van der Waals surface area contributed by atoms with Gasteiger partial charge in [0.05, 0.1) is 0 Å². The van der Waals surface area contributed by atoms with Crippen LogP contribution in [0.2, 0.25) is 0 Å². The van der Waals surface area contributed by atoms with Crippen LogP contribution < -0.4 is 5.32 Å². The van der Waals surface area contributed by atoms with E-state index in [9.17, 15) is 4.79 Å². The molecule has 0 unspecified atom stereocenters. The molecule has 0 aliphatic heterocycles. The van der Waals surface area contributed by atoms with E-state index in [4.69, 9.17) is 0 Å². The van der Waals surface area contributed by atoms with Crippen molar-refractivity contribution in [3.8, 4) is 0 Å². The molecule has 0 fully saturated rings. The molecule has 0 spiro atoms. The first kappa shape index (κ1) is 11.8. The minimum atomic E-state index is -0.157. The second-order valence-corrected chi connectivity index (χ2v) is 4.43. The molecule has 0 aliphatic rings. The Bertz CT molecular complexity index is 341. The predicted molar refractivity (Wildman–Crippen MR) is 59.7 cm³/mol. The lowest BCUT2D eigenvalue weighted by atomic mass is 9.99. The minimum Gasteiger partial charge on any atom is -0.346 e. The molecule has 0 saturated carbocycles. The first-order chi connectivity index (χ1) is 6.96. The van der Waals surface area contributed by atoms with Crippen molar-refractivity contribution in [3.05, 3.63) is 18.0 Å². The van der Waals surface area contributed by atoms with Crippen LogP contribution in [0.1, 0.15) is 44.1 Å². The van der Waals surface area contributed by atoms with Gasteiger partial charge in [0.15, 0.2) is 0 Å². The van der Waals surface area contributed by atoms with Gasteiger partial charge in [-0.1, -0.05) is 13.3 Å². The Balaban J connectivity index is 2.68. The highest BCUT2D eigenvalue weighted by Gasteiger charge is 2.21. The molecule has 4 heteroatoms. The second kappa shape index (κ2) is 4.47. The third-order valence-electron chi connectivity index (χ3n) is 2.38. The number of hydrogen-bond acceptors (Lipinski definition) is 2. The normalized spacial score (nSPS) is 11.5. The third-order valence-corrected chi connectivity index (χ3v) is 2.38. The number of carbonyl (C=O) groups is 1. The highest BCUT2D eigenvalue weighted by molar-refractivity contribution is 5.92. The van der Waals surface area contributed by atoms with Crippen molar-refractivity contribution in [1.29, 1.82) is 0 Å². The summed E-state index contributed by atoms with van der Waals surface area (Å²) in [5, 5.41) is 6.97. The van der Waals surface area contributed by atoms with Gasteiger partial charge in [0.2, 0.25) is 0 Å². The molecule has 0 aromatic carbocycles. The number of hydrogen-bond donors (Lipinski definition) is 1.